The van der Waals surface area contributed by atoms with Gasteiger partial charge in [0.25, 0.3) is 5.91 Å². The number of aromatic amines is 1. The fourth-order valence-corrected chi connectivity index (χ4v) is 2.48. The van der Waals surface area contributed by atoms with E-state index in [2.05, 4.69) is 15.4 Å². The topological polar surface area (TPSA) is 70.7 Å². The number of anilines is 1. The third-order valence-corrected chi connectivity index (χ3v) is 3.96. The molecule has 0 saturated heterocycles. The van der Waals surface area contributed by atoms with Gasteiger partial charge in [-0.05, 0) is 36.6 Å². The van der Waals surface area contributed by atoms with Crippen LogP contribution in [-0.4, -0.2) is 21.1 Å². The summed E-state index contributed by atoms with van der Waals surface area (Å²) in [6.07, 6.45) is -4.59. The lowest BCUT2D eigenvalue weighted by Gasteiger charge is -2.12. The number of amides is 1. The molecule has 0 fully saturated rings. The van der Waals surface area contributed by atoms with E-state index in [4.69, 9.17) is 0 Å². The minimum absolute atomic E-state index is 0.244. The molecule has 0 aliphatic heterocycles. The molecule has 0 aliphatic carbocycles. The van der Waals surface area contributed by atoms with Gasteiger partial charge >= 0.3 is 6.18 Å². The zero-order valence-electron chi connectivity index (χ0n) is 14.0. The largest absolute Gasteiger partial charge is 0.432 e. The summed E-state index contributed by atoms with van der Waals surface area (Å²) in [4.78, 5) is 16.5. The van der Waals surface area contributed by atoms with Crippen LogP contribution in [0.1, 0.15) is 27.4 Å². The maximum atomic E-state index is 12.6. The number of aromatic nitrogens is 3. The predicted molar refractivity (Wildman–Crippen MR) is 90.7 cm³/mol. The Morgan fingerprint density at radius 1 is 1.12 bits per heavy atom. The van der Waals surface area contributed by atoms with Crippen LogP contribution < -0.4 is 5.32 Å². The van der Waals surface area contributed by atoms with Gasteiger partial charge in [-0.2, -0.15) is 18.3 Å². The minimum atomic E-state index is -4.59. The Morgan fingerprint density at radius 3 is 2.42 bits per heavy atom. The van der Waals surface area contributed by atoms with Crippen molar-refractivity contribution in [2.24, 2.45) is 0 Å². The summed E-state index contributed by atoms with van der Waals surface area (Å²) in [6.45, 7) is 3.72. The minimum Gasteiger partial charge on any atom is -0.305 e. The summed E-state index contributed by atoms with van der Waals surface area (Å²) in [5, 5.41) is 7.73. The fraction of sp³-hybridized carbons (Fsp3) is 0.167. The first-order chi connectivity index (χ1) is 12.3. The number of halogens is 3. The van der Waals surface area contributed by atoms with Crippen LogP contribution in [-0.2, 0) is 6.18 Å². The van der Waals surface area contributed by atoms with Crippen LogP contribution in [0.4, 0.5) is 19.0 Å². The lowest BCUT2D eigenvalue weighted by atomic mass is 10.0. The van der Waals surface area contributed by atoms with E-state index in [9.17, 15) is 18.0 Å². The van der Waals surface area contributed by atoms with Gasteiger partial charge < -0.3 is 5.32 Å². The molecule has 0 unspecified atom stereocenters. The molecule has 0 spiro atoms. The van der Waals surface area contributed by atoms with Crippen molar-refractivity contribution in [2.45, 2.75) is 20.0 Å². The molecular weight excluding hydrogens is 345 g/mol. The second-order valence-electron chi connectivity index (χ2n) is 5.75. The smallest absolute Gasteiger partial charge is 0.305 e. The number of nitrogens with zero attached hydrogens (tertiary/aromatic N) is 2. The molecule has 0 saturated carbocycles. The van der Waals surface area contributed by atoms with Crippen molar-refractivity contribution in [2.75, 3.05) is 5.32 Å². The normalized spacial score (nSPS) is 11.4. The highest BCUT2D eigenvalue weighted by atomic mass is 19.4. The Kier molecular flexibility index (Phi) is 4.50. The number of benzene rings is 1. The predicted octanol–water partition coefficient (Wildman–Crippen LogP) is 4.36. The van der Waals surface area contributed by atoms with Crippen molar-refractivity contribution in [1.82, 2.24) is 15.2 Å². The molecular formula is C18H15F3N4O. The molecule has 0 atom stereocenters. The van der Waals surface area contributed by atoms with Gasteiger partial charge in [0.2, 0.25) is 0 Å². The number of hydrogen-bond acceptors (Lipinski definition) is 3. The first-order valence-electron chi connectivity index (χ1n) is 7.73. The Labute approximate surface area is 147 Å². The van der Waals surface area contributed by atoms with Gasteiger partial charge in [0.1, 0.15) is 11.5 Å². The standard InChI is InChI=1S/C18H15F3N4O/c1-10-11(2)22-16(8-13(10)12-6-4-3-5-7-12)23-17(26)14-9-15(25-24-14)18(19,20)21/h3-9H,1-2H3,(H,24,25)(H,22,23,26). The monoisotopic (exact) mass is 360 g/mol. The zero-order valence-corrected chi connectivity index (χ0v) is 14.0. The molecule has 0 bridgehead atoms. The number of rotatable bonds is 3. The second-order valence-corrected chi connectivity index (χ2v) is 5.75. The third-order valence-electron chi connectivity index (χ3n) is 3.96. The first-order valence-corrected chi connectivity index (χ1v) is 7.73. The average molecular weight is 360 g/mol. The van der Waals surface area contributed by atoms with Crippen LogP contribution in [0.2, 0.25) is 0 Å². The number of carbonyl (C=O) groups excluding carboxylic acids is 1. The van der Waals surface area contributed by atoms with E-state index in [1.54, 1.807) is 13.0 Å². The van der Waals surface area contributed by atoms with E-state index in [0.717, 1.165) is 16.7 Å². The van der Waals surface area contributed by atoms with E-state index in [0.29, 0.717) is 11.8 Å². The van der Waals surface area contributed by atoms with E-state index in [1.807, 2.05) is 42.4 Å². The molecule has 3 aromatic rings. The van der Waals surface area contributed by atoms with Crippen molar-refractivity contribution in [3.05, 3.63) is 65.1 Å². The van der Waals surface area contributed by atoms with Gasteiger partial charge in [-0.3, -0.25) is 9.89 Å². The number of nitrogens with one attached hydrogen (secondary N) is 2. The number of carbonyl (C=O) groups is 1. The highest BCUT2D eigenvalue weighted by molar-refractivity contribution is 6.02. The van der Waals surface area contributed by atoms with Gasteiger partial charge in [0.05, 0.1) is 0 Å². The lowest BCUT2D eigenvalue weighted by Crippen LogP contribution is -2.14. The Balaban J connectivity index is 1.89. The fourth-order valence-electron chi connectivity index (χ4n) is 2.48. The number of pyridine rings is 1. The van der Waals surface area contributed by atoms with Gasteiger partial charge in [-0.1, -0.05) is 30.3 Å². The summed E-state index contributed by atoms with van der Waals surface area (Å²) in [6, 6.07) is 11.9. The highest BCUT2D eigenvalue weighted by Gasteiger charge is 2.33. The third kappa shape index (κ3) is 3.58. The zero-order chi connectivity index (χ0) is 18.9. The SMILES string of the molecule is Cc1nc(NC(=O)c2cc(C(F)(F)F)[nH]n2)cc(-c2ccccc2)c1C. The molecule has 2 aromatic heterocycles. The van der Waals surface area contributed by atoms with E-state index < -0.39 is 17.8 Å². The Bertz CT molecular complexity index is 949. The second kappa shape index (κ2) is 6.62. The highest BCUT2D eigenvalue weighted by Crippen LogP contribution is 2.29. The molecule has 3 rings (SSSR count). The van der Waals surface area contributed by atoms with Gasteiger partial charge in [0, 0.05) is 11.8 Å². The molecule has 0 aliphatic rings. The maximum Gasteiger partial charge on any atom is 0.432 e. The van der Waals surface area contributed by atoms with E-state index >= 15 is 0 Å². The van der Waals surface area contributed by atoms with Gasteiger partial charge in [-0.15, -0.1) is 0 Å². The van der Waals surface area contributed by atoms with E-state index in [1.165, 1.54) is 0 Å². The molecule has 1 aromatic carbocycles. The summed E-state index contributed by atoms with van der Waals surface area (Å²) < 4.78 is 37.8. The van der Waals surface area contributed by atoms with Crippen LogP contribution in [0.15, 0.2) is 42.5 Å². The number of alkyl halides is 3. The summed E-state index contributed by atoms with van der Waals surface area (Å²) in [5.41, 5.74) is 2.05. The molecule has 0 radical (unpaired) electrons. The lowest BCUT2D eigenvalue weighted by molar-refractivity contribution is -0.141. The summed E-state index contributed by atoms with van der Waals surface area (Å²) in [7, 11) is 0. The van der Waals surface area contributed by atoms with Crippen LogP contribution in [0.3, 0.4) is 0 Å². The van der Waals surface area contributed by atoms with Crippen molar-refractivity contribution in [3.8, 4) is 11.1 Å². The van der Waals surface area contributed by atoms with Crippen molar-refractivity contribution in [3.63, 3.8) is 0 Å². The first kappa shape index (κ1) is 17.7. The van der Waals surface area contributed by atoms with Gasteiger partial charge in [0.15, 0.2) is 5.69 Å². The average Bonchev–Trinajstić information content (AvgIpc) is 3.09. The number of hydrogen-bond donors (Lipinski definition) is 2. The van der Waals surface area contributed by atoms with Crippen LogP contribution >= 0.6 is 0 Å². The van der Waals surface area contributed by atoms with Gasteiger partial charge in [-0.25, -0.2) is 4.98 Å². The molecule has 26 heavy (non-hydrogen) atoms. The summed E-state index contributed by atoms with van der Waals surface area (Å²) >= 11 is 0. The Hall–Kier alpha value is -3.16. The van der Waals surface area contributed by atoms with E-state index in [-0.39, 0.29) is 11.5 Å². The van der Waals surface area contributed by atoms with Crippen LogP contribution in [0.5, 0.6) is 0 Å². The summed E-state index contributed by atoms with van der Waals surface area (Å²) in [5.74, 6) is -0.528. The molecule has 1 amide bonds. The molecule has 5 nitrogen and oxygen atoms in total. The number of aryl methyl sites for hydroxylation is 1. The quantitative estimate of drug-likeness (QED) is 0.729. The Morgan fingerprint density at radius 2 is 1.81 bits per heavy atom. The van der Waals surface area contributed by atoms with Crippen LogP contribution in [0.25, 0.3) is 11.1 Å². The molecule has 2 heterocycles. The van der Waals surface area contributed by atoms with Crippen molar-refractivity contribution >= 4 is 11.7 Å². The molecule has 134 valence electrons. The molecule has 8 heteroatoms. The van der Waals surface area contributed by atoms with Crippen molar-refractivity contribution in [1.29, 1.82) is 0 Å². The van der Waals surface area contributed by atoms with Crippen LogP contribution in [0, 0.1) is 13.8 Å². The number of H-pyrrole nitrogens is 1. The van der Waals surface area contributed by atoms with Crippen molar-refractivity contribution < 1.29 is 18.0 Å². The maximum absolute atomic E-state index is 12.6. The molecule has 2 N–H and O–H groups in total.